The van der Waals surface area contributed by atoms with E-state index in [4.69, 9.17) is 28.4 Å². The molecule has 3 aliphatic heterocycles. The van der Waals surface area contributed by atoms with Gasteiger partial charge in [0.1, 0.15) is 73.2 Å². The molecule has 0 aromatic rings. The third-order valence-electron chi connectivity index (χ3n) is 15.7. The van der Waals surface area contributed by atoms with Gasteiger partial charge < -0.3 is 89.9 Å². The van der Waals surface area contributed by atoms with Crippen molar-refractivity contribution in [3.05, 3.63) is 122 Å². The molecule has 508 valence electrons. The molecule has 17 unspecified atom stereocenters. The number of amides is 1. The van der Waals surface area contributed by atoms with E-state index in [1.807, 2.05) is 6.08 Å². The number of carbonyl (C=O) groups excluding carboxylic acids is 1. The van der Waals surface area contributed by atoms with E-state index in [0.29, 0.717) is 12.8 Å². The lowest BCUT2D eigenvalue weighted by molar-refractivity contribution is -0.379. The Kier molecular flexibility index (Phi) is 45.3. The highest BCUT2D eigenvalue weighted by Crippen LogP contribution is 2.33. The van der Waals surface area contributed by atoms with Gasteiger partial charge in [0.15, 0.2) is 18.9 Å². The molecular weight excluding hydrogens is 1140 g/mol. The maximum atomic E-state index is 13.3. The number of unbranched alkanes of at least 4 members (excludes halogenated alkanes) is 14. The molecule has 1 amide bonds. The predicted octanol–water partition coefficient (Wildman–Crippen LogP) is 8.04. The van der Waals surface area contributed by atoms with E-state index in [1.165, 1.54) is 38.5 Å². The van der Waals surface area contributed by atoms with Gasteiger partial charge in [0.05, 0.1) is 38.6 Å². The maximum Gasteiger partial charge on any atom is 0.220 e. The first-order valence-corrected chi connectivity index (χ1v) is 33.3. The van der Waals surface area contributed by atoms with Crippen molar-refractivity contribution in [3.63, 3.8) is 0 Å². The van der Waals surface area contributed by atoms with Crippen molar-refractivity contribution in [3.8, 4) is 0 Å². The molecule has 19 nitrogen and oxygen atoms in total. The second-order valence-electron chi connectivity index (χ2n) is 23.2. The Balaban J connectivity index is 1.38. The number of allylic oxidation sites excluding steroid dienone is 19. The van der Waals surface area contributed by atoms with Crippen molar-refractivity contribution in [2.75, 3.05) is 26.4 Å². The minimum atomic E-state index is -1.99. The number of hydrogen-bond acceptors (Lipinski definition) is 18. The van der Waals surface area contributed by atoms with Gasteiger partial charge in [-0.25, -0.2) is 0 Å². The molecular formula is C70H115NO18. The Labute approximate surface area is 531 Å². The van der Waals surface area contributed by atoms with Gasteiger partial charge in [-0.2, -0.15) is 0 Å². The second-order valence-corrected chi connectivity index (χ2v) is 23.2. The van der Waals surface area contributed by atoms with Gasteiger partial charge in [-0.3, -0.25) is 4.79 Å². The number of rotatable bonds is 48. The van der Waals surface area contributed by atoms with Crippen LogP contribution in [0.4, 0.5) is 0 Å². The molecule has 12 N–H and O–H groups in total. The van der Waals surface area contributed by atoms with Crippen LogP contribution in [0.1, 0.15) is 181 Å². The van der Waals surface area contributed by atoms with Crippen LogP contribution in [0, 0.1) is 0 Å². The first-order valence-electron chi connectivity index (χ1n) is 33.3. The Morgan fingerprint density at radius 2 is 0.787 bits per heavy atom. The number of carbonyl (C=O) groups is 1. The van der Waals surface area contributed by atoms with Crippen LogP contribution >= 0.6 is 0 Å². The second kappa shape index (κ2) is 50.7. The number of aliphatic hydroxyl groups is 11. The Hall–Kier alpha value is -3.81. The molecule has 0 spiro atoms. The average Bonchev–Trinajstić information content (AvgIpc) is 1.33. The number of nitrogens with one attached hydrogen (secondary N) is 1. The molecule has 3 fully saturated rings. The summed E-state index contributed by atoms with van der Waals surface area (Å²) in [6.07, 6.45) is 42.0. The van der Waals surface area contributed by atoms with Crippen LogP contribution in [0.25, 0.3) is 0 Å². The van der Waals surface area contributed by atoms with Gasteiger partial charge in [-0.05, 0) is 96.3 Å². The lowest BCUT2D eigenvalue weighted by atomic mass is 9.96. The smallest absolute Gasteiger partial charge is 0.220 e. The van der Waals surface area contributed by atoms with Crippen molar-refractivity contribution in [1.82, 2.24) is 5.32 Å². The van der Waals surface area contributed by atoms with Gasteiger partial charge in [0.2, 0.25) is 5.91 Å². The molecule has 3 heterocycles. The molecule has 0 saturated carbocycles. The minimum Gasteiger partial charge on any atom is -0.394 e. The normalized spacial score (nSPS) is 29.0. The van der Waals surface area contributed by atoms with E-state index in [9.17, 15) is 61.0 Å². The van der Waals surface area contributed by atoms with Crippen LogP contribution < -0.4 is 5.32 Å². The topological polar surface area (TPSA) is 307 Å². The van der Waals surface area contributed by atoms with Gasteiger partial charge in [0, 0.05) is 6.42 Å². The Morgan fingerprint density at radius 1 is 0.416 bits per heavy atom. The summed E-state index contributed by atoms with van der Waals surface area (Å²) in [6, 6.07) is -1.00. The van der Waals surface area contributed by atoms with Crippen LogP contribution in [0.3, 0.4) is 0 Å². The first kappa shape index (κ1) is 79.4. The van der Waals surface area contributed by atoms with Crippen molar-refractivity contribution in [2.45, 2.75) is 285 Å². The SMILES string of the molecule is CC/C=C\C/C=C\C/C=C\C/C=C\C/C=C\C/C=C\C/C=C\CCCCCCCCCCCCCC(=O)NC(COC1OC(CO)C(OC2OC(CO)C(OC3OC(CO)C(O)C(O)C3O)C(O)C2O)C(O)C1O)C(O)/C=C/CC/C=C/CC/C=C/CCC. The molecule has 0 aromatic heterocycles. The lowest BCUT2D eigenvalue weighted by Gasteiger charge is -2.48. The van der Waals surface area contributed by atoms with E-state index >= 15 is 0 Å². The van der Waals surface area contributed by atoms with E-state index in [1.54, 1.807) is 6.08 Å². The van der Waals surface area contributed by atoms with E-state index in [-0.39, 0.29) is 18.9 Å². The molecule has 19 heteroatoms. The summed E-state index contributed by atoms with van der Waals surface area (Å²) in [7, 11) is 0. The van der Waals surface area contributed by atoms with Crippen LogP contribution in [-0.4, -0.2) is 193 Å². The zero-order valence-corrected chi connectivity index (χ0v) is 53.4. The maximum absolute atomic E-state index is 13.3. The summed E-state index contributed by atoms with van der Waals surface area (Å²) in [5.74, 6) is -0.301. The molecule has 3 aliphatic rings. The van der Waals surface area contributed by atoms with Gasteiger partial charge in [-0.1, -0.05) is 200 Å². The quantitative estimate of drug-likeness (QED) is 0.0203. The first-order chi connectivity index (χ1) is 43.3. The minimum absolute atomic E-state index is 0.220. The van der Waals surface area contributed by atoms with Crippen LogP contribution in [0.5, 0.6) is 0 Å². The third kappa shape index (κ3) is 33.0. The van der Waals surface area contributed by atoms with Gasteiger partial charge >= 0.3 is 0 Å². The number of hydrogen-bond donors (Lipinski definition) is 12. The number of ether oxygens (including phenoxy) is 6. The van der Waals surface area contributed by atoms with E-state index < -0.39 is 124 Å². The highest BCUT2D eigenvalue weighted by atomic mass is 16.8. The summed E-state index contributed by atoms with van der Waals surface area (Å²) in [6.45, 7) is 1.47. The summed E-state index contributed by atoms with van der Waals surface area (Å²) >= 11 is 0. The summed E-state index contributed by atoms with van der Waals surface area (Å²) in [5.41, 5.74) is 0. The highest BCUT2D eigenvalue weighted by molar-refractivity contribution is 5.76. The highest BCUT2D eigenvalue weighted by Gasteiger charge is 2.53. The fourth-order valence-electron chi connectivity index (χ4n) is 10.3. The largest absolute Gasteiger partial charge is 0.394 e. The molecule has 0 aromatic carbocycles. The third-order valence-corrected chi connectivity index (χ3v) is 15.7. The number of aliphatic hydroxyl groups excluding tert-OH is 11. The molecule has 0 bridgehead atoms. The van der Waals surface area contributed by atoms with Crippen LogP contribution in [0.15, 0.2) is 122 Å². The summed E-state index contributed by atoms with van der Waals surface area (Å²) < 4.78 is 34.2. The molecule has 17 atom stereocenters. The van der Waals surface area contributed by atoms with Crippen molar-refractivity contribution in [1.29, 1.82) is 0 Å². The predicted molar refractivity (Wildman–Crippen MR) is 346 cm³/mol. The van der Waals surface area contributed by atoms with E-state index in [2.05, 4.69) is 129 Å². The molecule has 0 aliphatic carbocycles. The van der Waals surface area contributed by atoms with E-state index in [0.717, 1.165) is 109 Å². The Morgan fingerprint density at radius 3 is 1.25 bits per heavy atom. The zero-order valence-electron chi connectivity index (χ0n) is 53.4. The monoisotopic (exact) mass is 1260 g/mol. The van der Waals surface area contributed by atoms with Gasteiger partial charge in [-0.15, -0.1) is 0 Å². The van der Waals surface area contributed by atoms with Crippen molar-refractivity contribution in [2.24, 2.45) is 0 Å². The van der Waals surface area contributed by atoms with Crippen LogP contribution in [0.2, 0.25) is 0 Å². The molecule has 3 rings (SSSR count). The summed E-state index contributed by atoms with van der Waals surface area (Å²) in [5, 5.41) is 120. The summed E-state index contributed by atoms with van der Waals surface area (Å²) in [4.78, 5) is 13.3. The van der Waals surface area contributed by atoms with Crippen molar-refractivity contribution < 1.29 is 89.4 Å². The fraction of sp³-hybridized carbons (Fsp3) is 0.700. The molecule has 89 heavy (non-hydrogen) atoms. The fourth-order valence-corrected chi connectivity index (χ4v) is 10.3. The van der Waals surface area contributed by atoms with Crippen molar-refractivity contribution >= 4 is 5.91 Å². The van der Waals surface area contributed by atoms with Gasteiger partial charge in [0.25, 0.3) is 0 Å². The standard InChI is InChI=1S/C70H115NO18/c1-3-5-7-9-11-13-15-16-17-18-19-20-21-22-23-24-25-26-27-28-29-30-31-32-33-34-35-36-38-40-42-44-46-48-58(76)71-53(54(75)47-45-43-41-39-37-14-12-10-8-6-4-2)52-84-68-64(82)61(79)66(56(50-73)86-68)89-70-65(83)62(80)67(57(51-74)87-70)88-69-63(81)60(78)59(77)55(49-72)85-69/h5,7-8,10-11,13,16-17,19-20,22-23,25-26,28-29,37,39,45,47,53-57,59-70,72-75,77-83H,3-4,6,9,12,14-15,18,21,24,27,30-36,38,40-44,46,48-52H2,1-2H3,(H,71,76)/b7-5-,10-8+,13-11-,17-16-,20-19-,23-22-,26-25-,29-28-,39-37+,47-45+. The molecule has 0 radical (unpaired) electrons. The van der Waals surface area contributed by atoms with Crippen LogP contribution in [-0.2, 0) is 33.2 Å². The zero-order chi connectivity index (χ0) is 64.7. The molecule has 3 saturated heterocycles. The lowest BCUT2D eigenvalue weighted by Crippen LogP contribution is -2.66. The Bertz CT molecular complexity index is 2090. The average molecular weight is 1260 g/mol.